The highest BCUT2D eigenvalue weighted by molar-refractivity contribution is 5.73. The number of hydrogen-bond donors (Lipinski definition) is 1. The molecule has 0 aliphatic heterocycles. The zero-order valence-electron chi connectivity index (χ0n) is 9.96. The Morgan fingerprint density at radius 2 is 1.93 bits per heavy atom. The fourth-order valence-corrected chi connectivity index (χ4v) is 0.808. The highest BCUT2D eigenvalue weighted by atomic mass is 15.0. The van der Waals surface area contributed by atoms with Gasteiger partial charge in [-0.25, -0.2) is 4.99 Å². The summed E-state index contributed by atoms with van der Waals surface area (Å²) in [4.78, 5) is 4.18. The van der Waals surface area contributed by atoms with E-state index in [-0.39, 0.29) is 1.43 Å². The summed E-state index contributed by atoms with van der Waals surface area (Å²) in [6.45, 7) is 14.4. The Hall–Kier alpha value is -1.05. The van der Waals surface area contributed by atoms with Crippen LogP contribution in [0, 0.1) is 5.92 Å². The Balaban J connectivity index is 0. The van der Waals surface area contributed by atoms with Crippen molar-refractivity contribution in [2.24, 2.45) is 10.9 Å². The normalized spacial score (nSPS) is 12.9. The predicted molar refractivity (Wildman–Crippen MR) is 66.6 cm³/mol. The molecule has 0 rings (SSSR count). The first kappa shape index (κ1) is 12.9. The van der Waals surface area contributed by atoms with E-state index in [1.165, 1.54) is 5.57 Å². The van der Waals surface area contributed by atoms with Crippen LogP contribution >= 0.6 is 0 Å². The molecule has 0 aromatic heterocycles. The van der Waals surface area contributed by atoms with Crippen LogP contribution in [0.2, 0.25) is 0 Å². The topological polar surface area (TPSA) is 24.4 Å². The maximum Gasteiger partial charge on any atom is 0.118 e. The molecule has 0 aliphatic carbocycles. The van der Waals surface area contributed by atoms with Crippen LogP contribution in [0.15, 0.2) is 29.0 Å². The van der Waals surface area contributed by atoms with Gasteiger partial charge in [0, 0.05) is 13.7 Å². The van der Waals surface area contributed by atoms with Crippen molar-refractivity contribution in [3.8, 4) is 0 Å². The summed E-state index contributed by atoms with van der Waals surface area (Å²) in [5.41, 5.74) is 1.33. The van der Waals surface area contributed by atoms with Crippen LogP contribution in [0.5, 0.6) is 0 Å². The number of hydrogen-bond acceptors (Lipinski definition) is 2. The minimum Gasteiger partial charge on any atom is -0.368 e. The second-order valence-corrected chi connectivity index (χ2v) is 4.09. The van der Waals surface area contributed by atoms with Crippen LogP contribution in [-0.2, 0) is 0 Å². The van der Waals surface area contributed by atoms with Crippen molar-refractivity contribution < 1.29 is 1.43 Å². The average Bonchev–Trinajstić information content (AvgIpc) is 2.02. The molecule has 0 aliphatic rings. The lowest BCUT2D eigenvalue weighted by Gasteiger charge is -2.07. The molecular formula is C12H24N2. The summed E-state index contributed by atoms with van der Waals surface area (Å²) in [7, 11) is 0. The molecular weight excluding hydrogens is 172 g/mol. The SMILES string of the molecule is C=C(/N=C\C=C(/C)C(C)C)NC(C)C.[HH]. The van der Waals surface area contributed by atoms with Crippen molar-refractivity contribution in [3.63, 3.8) is 0 Å². The van der Waals surface area contributed by atoms with Gasteiger partial charge in [-0.2, -0.15) is 0 Å². The van der Waals surface area contributed by atoms with Crippen LogP contribution < -0.4 is 5.32 Å². The molecule has 2 nitrogen and oxygen atoms in total. The quantitative estimate of drug-likeness (QED) is 0.670. The van der Waals surface area contributed by atoms with Gasteiger partial charge in [0.1, 0.15) is 5.82 Å². The summed E-state index contributed by atoms with van der Waals surface area (Å²) < 4.78 is 0. The van der Waals surface area contributed by atoms with Crippen molar-refractivity contribution in [1.29, 1.82) is 0 Å². The molecule has 0 aromatic rings. The van der Waals surface area contributed by atoms with Gasteiger partial charge in [0.25, 0.3) is 0 Å². The number of allylic oxidation sites excluding steroid dienone is 2. The first-order chi connectivity index (χ1) is 6.43. The molecule has 0 aromatic carbocycles. The molecule has 0 saturated heterocycles. The molecule has 0 unspecified atom stereocenters. The zero-order chi connectivity index (χ0) is 11.1. The Morgan fingerprint density at radius 3 is 2.36 bits per heavy atom. The lowest BCUT2D eigenvalue weighted by atomic mass is 10.1. The van der Waals surface area contributed by atoms with E-state index in [0.29, 0.717) is 17.8 Å². The second-order valence-electron chi connectivity index (χ2n) is 4.09. The maximum absolute atomic E-state index is 4.18. The highest BCUT2D eigenvalue weighted by Crippen LogP contribution is 2.06. The fraction of sp³-hybridized carbons (Fsp3) is 0.583. The molecule has 0 bridgehead atoms. The molecule has 0 radical (unpaired) electrons. The van der Waals surface area contributed by atoms with E-state index in [1.807, 2.05) is 6.08 Å². The van der Waals surface area contributed by atoms with Gasteiger partial charge in [0.15, 0.2) is 0 Å². The van der Waals surface area contributed by atoms with Crippen molar-refractivity contribution in [1.82, 2.24) is 5.32 Å². The lowest BCUT2D eigenvalue weighted by molar-refractivity contribution is 0.666. The molecule has 14 heavy (non-hydrogen) atoms. The van der Waals surface area contributed by atoms with Gasteiger partial charge in [-0.3, -0.25) is 0 Å². The maximum atomic E-state index is 4.18. The number of rotatable bonds is 5. The summed E-state index contributed by atoms with van der Waals surface area (Å²) in [5.74, 6) is 1.29. The highest BCUT2D eigenvalue weighted by Gasteiger charge is 1.94. The van der Waals surface area contributed by atoms with Gasteiger partial charge >= 0.3 is 0 Å². The standard InChI is InChI=1S/C12H22N2.H2/c1-9(2)11(5)7-8-13-12(6)14-10(3)4;/h7-10,14H,6H2,1-5H3;1H/b11-7+,13-8-;. The lowest BCUT2D eigenvalue weighted by Crippen LogP contribution is -2.20. The minimum absolute atomic E-state index is 0. The molecule has 0 saturated carbocycles. The number of nitrogens with zero attached hydrogens (tertiary/aromatic N) is 1. The van der Waals surface area contributed by atoms with E-state index in [2.05, 4.69) is 51.5 Å². The molecule has 2 heteroatoms. The van der Waals surface area contributed by atoms with Gasteiger partial charge in [0.2, 0.25) is 0 Å². The minimum atomic E-state index is 0. The summed E-state index contributed by atoms with van der Waals surface area (Å²) in [6, 6.07) is 0.384. The summed E-state index contributed by atoms with van der Waals surface area (Å²) in [5, 5.41) is 3.12. The van der Waals surface area contributed by atoms with E-state index in [0.717, 1.165) is 0 Å². The first-order valence-corrected chi connectivity index (χ1v) is 5.09. The number of nitrogens with one attached hydrogen (secondary N) is 1. The van der Waals surface area contributed by atoms with Crippen LogP contribution in [-0.4, -0.2) is 12.3 Å². The van der Waals surface area contributed by atoms with Gasteiger partial charge in [-0.15, -0.1) is 0 Å². The molecule has 0 amide bonds. The third-order valence-corrected chi connectivity index (χ3v) is 1.93. The van der Waals surface area contributed by atoms with E-state index < -0.39 is 0 Å². The van der Waals surface area contributed by atoms with Gasteiger partial charge in [0.05, 0.1) is 0 Å². The van der Waals surface area contributed by atoms with E-state index in [9.17, 15) is 0 Å². The van der Waals surface area contributed by atoms with Crippen molar-refractivity contribution in [3.05, 3.63) is 24.0 Å². The fourth-order valence-electron chi connectivity index (χ4n) is 0.808. The zero-order valence-corrected chi connectivity index (χ0v) is 9.96. The monoisotopic (exact) mass is 196 g/mol. The Bertz CT molecular complexity index is 240. The van der Waals surface area contributed by atoms with Crippen LogP contribution in [0.25, 0.3) is 0 Å². The van der Waals surface area contributed by atoms with Crippen LogP contribution in [0.1, 0.15) is 36.0 Å². The van der Waals surface area contributed by atoms with E-state index in [1.54, 1.807) is 6.21 Å². The first-order valence-electron chi connectivity index (χ1n) is 5.09. The number of aliphatic imine (C=N–C) groups is 1. The summed E-state index contributed by atoms with van der Waals surface area (Å²) in [6.07, 6.45) is 3.82. The molecule has 0 atom stereocenters. The Labute approximate surface area is 89.3 Å². The predicted octanol–water partition coefficient (Wildman–Crippen LogP) is 3.37. The van der Waals surface area contributed by atoms with E-state index in [4.69, 9.17) is 0 Å². The molecule has 0 heterocycles. The Morgan fingerprint density at radius 1 is 1.36 bits per heavy atom. The molecule has 0 fully saturated rings. The van der Waals surface area contributed by atoms with Crippen LogP contribution in [0.3, 0.4) is 0 Å². The van der Waals surface area contributed by atoms with Gasteiger partial charge in [-0.1, -0.05) is 26.0 Å². The molecule has 0 spiro atoms. The van der Waals surface area contributed by atoms with Crippen molar-refractivity contribution in [2.75, 3.05) is 0 Å². The Kier molecular flexibility index (Phi) is 5.93. The smallest absolute Gasteiger partial charge is 0.118 e. The molecule has 1 N–H and O–H groups in total. The average molecular weight is 196 g/mol. The van der Waals surface area contributed by atoms with Gasteiger partial charge in [-0.05, 0) is 32.8 Å². The van der Waals surface area contributed by atoms with Crippen molar-refractivity contribution >= 4 is 6.21 Å². The second kappa shape index (κ2) is 6.41. The molecule has 82 valence electrons. The summed E-state index contributed by atoms with van der Waals surface area (Å²) >= 11 is 0. The third kappa shape index (κ3) is 6.46. The largest absolute Gasteiger partial charge is 0.368 e. The van der Waals surface area contributed by atoms with Gasteiger partial charge < -0.3 is 5.32 Å². The van der Waals surface area contributed by atoms with E-state index >= 15 is 0 Å². The third-order valence-electron chi connectivity index (χ3n) is 1.93. The van der Waals surface area contributed by atoms with Crippen molar-refractivity contribution in [2.45, 2.75) is 40.7 Å². The van der Waals surface area contributed by atoms with Crippen LogP contribution in [0.4, 0.5) is 0 Å².